The van der Waals surface area contributed by atoms with Gasteiger partial charge in [0.2, 0.25) is 5.95 Å². The molecule has 33 heavy (non-hydrogen) atoms. The minimum absolute atomic E-state index is 0.276. The molecule has 6 heteroatoms. The van der Waals surface area contributed by atoms with Crippen molar-refractivity contribution in [3.8, 4) is 16.9 Å². The number of aryl methyl sites for hydroxylation is 1. The smallest absolute Gasteiger partial charge is 0.250 e. The summed E-state index contributed by atoms with van der Waals surface area (Å²) >= 11 is 0. The molecular weight excluding hydrogens is 414 g/mol. The normalized spacial score (nSPS) is 11.8. The van der Waals surface area contributed by atoms with Crippen LogP contribution >= 0.6 is 0 Å². The molecule has 0 aliphatic carbocycles. The van der Waals surface area contributed by atoms with E-state index >= 15 is 0 Å². The number of allylic oxidation sites excluding steroid dienone is 1. The van der Waals surface area contributed by atoms with Crippen LogP contribution in [0.4, 0.5) is 5.95 Å². The Hall–Kier alpha value is -4.32. The number of carbonyl (C=O) groups excluding carboxylic acids is 1. The fourth-order valence-corrected chi connectivity index (χ4v) is 4.15. The van der Waals surface area contributed by atoms with Crippen LogP contribution in [0.1, 0.15) is 18.1 Å². The number of ether oxygens (including phenoxy) is 1. The number of H-pyrrole nitrogens is 1. The first-order valence-corrected chi connectivity index (χ1v) is 10.6. The Morgan fingerprint density at radius 3 is 2.64 bits per heavy atom. The molecule has 0 radical (unpaired) electrons. The number of amides is 1. The molecule has 5 rings (SSSR count). The van der Waals surface area contributed by atoms with Gasteiger partial charge in [0, 0.05) is 28.2 Å². The molecule has 0 saturated heterocycles. The molecule has 164 valence electrons. The molecule has 0 unspecified atom stereocenters. The highest BCUT2D eigenvalue weighted by molar-refractivity contribution is 6.05. The molecule has 6 nitrogen and oxygen atoms in total. The van der Waals surface area contributed by atoms with Crippen molar-refractivity contribution in [2.75, 3.05) is 12.4 Å². The van der Waals surface area contributed by atoms with Gasteiger partial charge in [-0.2, -0.15) is 0 Å². The Morgan fingerprint density at radius 2 is 1.88 bits per heavy atom. The van der Waals surface area contributed by atoms with Crippen molar-refractivity contribution >= 4 is 39.4 Å². The summed E-state index contributed by atoms with van der Waals surface area (Å²) in [7, 11) is 1.63. The molecule has 0 bridgehead atoms. The van der Waals surface area contributed by atoms with Crippen molar-refractivity contribution < 1.29 is 13.9 Å². The summed E-state index contributed by atoms with van der Waals surface area (Å²) in [5.74, 6) is 0.814. The number of aromatic nitrogens is 2. The lowest BCUT2D eigenvalue weighted by molar-refractivity contribution is -0.111. The molecule has 0 saturated carbocycles. The zero-order chi connectivity index (χ0) is 22.9. The number of fused-ring (bicyclic) bond motifs is 2. The maximum absolute atomic E-state index is 12.8. The number of nitrogens with one attached hydrogen (secondary N) is 2. The van der Waals surface area contributed by atoms with Crippen molar-refractivity contribution in [1.29, 1.82) is 0 Å². The van der Waals surface area contributed by atoms with E-state index in [2.05, 4.69) is 15.3 Å². The lowest BCUT2D eigenvalue weighted by Gasteiger charge is -2.13. The lowest BCUT2D eigenvalue weighted by Crippen LogP contribution is -2.10. The number of hydrogen-bond donors (Lipinski definition) is 2. The van der Waals surface area contributed by atoms with E-state index in [1.54, 1.807) is 19.4 Å². The van der Waals surface area contributed by atoms with E-state index in [0.29, 0.717) is 11.7 Å². The van der Waals surface area contributed by atoms with Crippen LogP contribution in [0.2, 0.25) is 0 Å². The number of furan rings is 1. The van der Waals surface area contributed by atoms with Gasteiger partial charge in [0.05, 0.1) is 24.4 Å². The highest BCUT2D eigenvalue weighted by Crippen LogP contribution is 2.40. The van der Waals surface area contributed by atoms with E-state index in [-0.39, 0.29) is 5.91 Å². The summed E-state index contributed by atoms with van der Waals surface area (Å²) in [6, 6.07) is 19.7. The number of para-hydroxylation sites is 2. The van der Waals surface area contributed by atoms with Crippen LogP contribution in [-0.2, 0) is 4.79 Å². The topological polar surface area (TPSA) is 80.1 Å². The van der Waals surface area contributed by atoms with E-state index in [1.165, 1.54) is 0 Å². The quantitative estimate of drug-likeness (QED) is 0.315. The van der Waals surface area contributed by atoms with Crippen LogP contribution in [0.15, 0.2) is 77.4 Å². The molecule has 2 N–H and O–H groups in total. The average molecular weight is 437 g/mol. The van der Waals surface area contributed by atoms with Gasteiger partial charge in [0.15, 0.2) is 0 Å². The molecule has 2 heterocycles. The van der Waals surface area contributed by atoms with Gasteiger partial charge in [-0.3, -0.25) is 10.1 Å². The van der Waals surface area contributed by atoms with Crippen LogP contribution in [0.5, 0.6) is 5.75 Å². The van der Waals surface area contributed by atoms with Crippen LogP contribution in [-0.4, -0.2) is 23.0 Å². The third kappa shape index (κ3) is 3.76. The van der Waals surface area contributed by atoms with Crippen LogP contribution in [0, 0.1) is 6.92 Å². The largest absolute Gasteiger partial charge is 0.496 e. The lowest BCUT2D eigenvalue weighted by atomic mass is 9.96. The van der Waals surface area contributed by atoms with Gasteiger partial charge in [-0.1, -0.05) is 42.5 Å². The predicted octanol–water partition coefficient (Wildman–Crippen LogP) is 6.34. The molecule has 0 aliphatic heterocycles. The highest BCUT2D eigenvalue weighted by Gasteiger charge is 2.19. The van der Waals surface area contributed by atoms with Gasteiger partial charge in [0.25, 0.3) is 5.91 Å². The number of methoxy groups -OCH3 is 1. The first-order chi connectivity index (χ1) is 16.0. The fraction of sp³-hybridized carbons (Fsp3) is 0.111. The Bertz CT molecular complexity index is 1480. The third-order valence-corrected chi connectivity index (χ3v) is 5.74. The van der Waals surface area contributed by atoms with Gasteiger partial charge in [-0.05, 0) is 43.2 Å². The van der Waals surface area contributed by atoms with Crippen molar-refractivity contribution in [3.05, 3.63) is 84.1 Å². The second-order valence-electron chi connectivity index (χ2n) is 7.89. The second kappa shape index (κ2) is 8.31. The molecule has 0 fully saturated rings. The average Bonchev–Trinajstić information content (AvgIpc) is 3.43. The van der Waals surface area contributed by atoms with Gasteiger partial charge in [-0.15, -0.1) is 0 Å². The maximum atomic E-state index is 12.8. The van der Waals surface area contributed by atoms with Gasteiger partial charge >= 0.3 is 0 Å². The second-order valence-corrected chi connectivity index (χ2v) is 7.89. The number of rotatable bonds is 5. The number of carbonyl (C=O) groups is 1. The van der Waals surface area contributed by atoms with Crippen LogP contribution in [0.3, 0.4) is 0 Å². The minimum Gasteiger partial charge on any atom is -0.496 e. The molecular formula is C27H23N3O3. The summed E-state index contributed by atoms with van der Waals surface area (Å²) in [4.78, 5) is 20.3. The zero-order valence-corrected chi connectivity index (χ0v) is 18.6. The molecule has 2 aromatic heterocycles. The van der Waals surface area contributed by atoms with Crippen molar-refractivity contribution in [2.24, 2.45) is 0 Å². The number of imidazole rings is 1. The Labute approximate surface area is 190 Å². The maximum Gasteiger partial charge on any atom is 0.250 e. The first-order valence-electron chi connectivity index (χ1n) is 10.6. The molecule has 0 spiro atoms. The van der Waals surface area contributed by atoms with Gasteiger partial charge < -0.3 is 14.1 Å². The fourth-order valence-electron chi connectivity index (χ4n) is 4.15. The monoisotopic (exact) mass is 437 g/mol. The summed E-state index contributed by atoms with van der Waals surface area (Å²) in [6.07, 6.45) is 3.32. The van der Waals surface area contributed by atoms with Crippen molar-refractivity contribution in [1.82, 2.24) is 9.97 Å². The number of benzene rings is 3. The van der Waals surface area contributed by atoms with Crippen LogP contribution in [0.25, 0.3) is 38.7 Å². The van der Waals surface area contributed by atoms with Crippen molar-refractivity contribution in [3.63, 3.8) is 0 Å². The number of nitrogens with zero attached hydrogens (tertiary/aromatic N) is 1. The van der Waals surface area contributed by atoms with E-state index in [4.69, 9.17) is 9.15 Å². The third-order valence-electron chi connectivity index (χ3n) is 5.74. The van der Waals surface area contributed by atoms with E-state index in [9.17, 15) is 4.79 Å². The van der Waals surface area contributed by atoms with Crippen LogP contribution < -0.4 is 10.1 Å². The van der Waals surface area contributed by atoms with E-state index in [0.717, 1.165) is 49.8 Å². The number of hydrogen-bond acceptors (Lipinski definition) is 4. The summed E-state index contributed by atoms with van der Waals surface area (Å²) < 4.78 is 11.6. The van der Waals surface area contributed by atoms with E-state index < -0.39 is 0 Å². The SMILES string of the molecule is COc1c(/C(C)=C/C(=O)Nc2nc3ccccc3[nH]2)cc2c(-c3ccccc3)coc2c1C. The van der Waals surface area contributed by atoms with Gasteiger partial charge in [-0.25, -0.2) is 4.98 Å². The molecule has 0 atom stereocenters. The summed E-state index contributed by atoms with van der Waals surface area (Å²) in [6.45, 7) is 3.86. The molecule has 0 aliphatic rings. The first kappa shape index (κ1) is 20.6. The van der Waals surface area contributed by atoms with Crippen molar-refractivity contribution in [2.45, 2.75) is 13.8 Å². The predicted molar refractivity (Wildman–Crippen MR) is 131 cm³/mol. The number of anilines is 1. The highest BCUT2D eigenvalue weighted by atomic mass is 16.5. The molecule has 1 amide bonds. The summed E-state index contributed by atoms with van der Waals surface area (Å²) in [5.41, 5.74) is 6.99. The Kier molecular flexibility index (Phi) is 5.18. The summed E-state index contributed by atoms with van der Waals surface area (Å²) in [5, 5.41) is 3.78. The van der Waals surface area contributed by atoms with Gasteiger partial charge in [0.1, 0.15) is 11.3 Å². The zero-order valence-electron chi connectivity index (χ0n) is 18.6. The minimum atomic E-state index is -0.276. The Morgan fingerprint density at radius 1 is 1.12 bits per heavy atom. The molecule has 5 aromatic rings. The van der Waals surface area contributed by atoms with E-state index in [1.807, 2.05) is 74.5 Å². The standard InChI is InChI=1S/C27H23N3O3/c1-16(13-24(31)30-27-28-22-11-7-8-12-23(22)29-27)19-14-20-21(18-9-5-4-6-10-18)15-33-26(20)17(2)25(19)32-3/h4-15H,1-3H3,(H2,28,29,30,31)/b16-13+. The number of aromatic amines is 1. The molecule has 3 aromatic carbocycles. The Balaban J connectivity index is 1.53.